The lowest BCUT2D eigenvalue weighted by atomic mass is 10.0. The maximum Gasteiger partial charge on any atom is 0.419 e. The number of halogens is 8. The maximum atomic E-state index is 13.2. The third-order valence-corrected chi connectivity index (χ3v) is 5.28. The highest BCUT2D eigenvalue weighted by Gasteiger charge is 2.65. The summed E-state index contributed by atoms with van der Waals surface area (Å²) in [5, 5.41) is 11.4. The van der Waals surface area contributed by atoms with E-state index in [-0.39, 0.29) is 17.8 Å². The van der Waals surface area contributed by atoms with Crippen molar-refractivity contribution in [3.05, 3.63) is 65.0 Å². The smallest absolute Gasteiger partial charge is 0.419 e. The van der Waals surface area contributed by atoms with Crippen molar-refractivity contribution in [1.82, 2.24) is 5.32 Å². The van der Waals surface area contributed by atoms with E-state index < -0.39 is 56.2 Å². The molecule has 33 heavy (non-hydrogen) atoms. The van der Waals surface area contributed by atoms with Crippen LogP contribution in [-0.4, -0.2) is 18.1 Å². The van der Waals surface area contributed by atoms with Crippen LogP contribution in [0, 0.1) is 17.9 Å². The standard InChI is InChI=1S/C19H13F8N3O2S/c1-18(10-28,11-32-16-9-13(29-2)5-8-15(16)19(20,21)22)30-17(31)12-3-6-14(7-4-12)33(23,24,25,26)27/h3-9H,11H2,1H3,(H,30,31). The molecular weight excluding hydrogens is 486 g/mol. The van der Waals surface area contributed by atoms with Gasteiger partial charge in [-0.15, -0.1) is 0 Å². The lowest BCUT2D eigenvalue weighted by Gasteiger charge is -2.40. The van der Waals surface area contributed by atoms with Gasteiger partial charge in [0.25, 0.3) is 5.91 Å². The topological polar surface area (TPSA) is 66.5 Å². The van der Waals surface area contributed by atoms with E-state index in [9.17, 15) is 42.7 Å². The summed E-state index contributed by atoms with van der Waals surface area (Å²) in [5.41, 5.74) is -3.93. The summed E-state index contributed by atoms with van der Waals surface area (Å²) in [4.78, 5) is 13.0. The van der Waals surface area contributed by atoms with Gasteiger partial charge >= 0.3 is 16.4 Å². The highest BCUT2D eigenvalue weighted by molar-refractivity contribution is 8.45. The first-order valence-corrected chi connectivity index (χ1v) is 10.5. The van der Waals surface area contributed by atoms with Crippen molar-refractivity contribution in [3.63, 3.8) is 0 Å². The molecule has 0 saturated carbocycles. The number of alkyl halides is 3. The summed E-state index contributed by atoms with van der Waals surface area (Å²) >= 11 is 0. The monoisotopic (exact) mass is 499 g/mol. The minimum absolute atomic E-state index is 0.00213. The van der Waals surface area contributed by atoms with Crippen molar-refractivity contribution >= 4 is 21.8 Å². The molecule has 0 radical (unpaired) electrons. The van der Waals surface area contributed by atoms with E-state index in [4.69, 9.17) is 11.3 Å². The van der Waals surface area contributed by atoms with Crippen molar-refractivity contribution in [2.45, 2.75) is 23.5 Å². The van der Waals surface area contributed by atoms with E-state index in [0.717, 1.165) is 19.1 Å². The average molecular weight is 499 g/mol. The molecule has 5 nitrogen and oxygen atoms in total. The van der Waals surface area contributed by atoms with Crippen LogP contribution in [0.2, 0.25) is 0 Å². The van der Waals surface area contributed by atoms with Crippen LogP contribution in [0.1, 0.15) is 22.8 Å². The van der Waals surface area contributed by atoms with Crippen LogP contribution in [0.25, 0.3) is 4.85 Å². The Morgan fingerprint density at radius 3 is 2.15 bits per heavy atom. The van der Waals surface area contributed by atoms with Gasteiger partial charge < -0.3 is 10.1 Å². The van der Waals surface area contributed by atoms with Gasteiger partial charge in [-0.05, 0) is 37.3 Å². The number of hydrogen-bond acceptors (Lipinski definition) is 3. The Morgan fingerprint density at radius 2 is 1.70 bits per heavy atom. The molecule has 178 valence electrons. The predicted molar refractivity (Wildman–Crippen MR) is 103 cm³/mol. The molecule has 0 spiro atoms. The third-order valence-electron chi connectivity index (χ3n) is 4.11. The van der Waals surface area contributed by atoms with E-state index in [1.807, 2.05) is 0 Å². The summed E-state index contributed by atoms with van der Waals surface area (Å²) in [6.07, 6.45) is -4.85. The number of ether oxygens (including phenoxy) is 1. The number of hydrogen-bond donors (Lipinski definition) is 1. The van der Waals surface area contributed by atoms with Crippen LogP contribution in [0.3, 0.4) is 0 Å². The van der Waals surface area contributed by atoms with Gasteiger partial charge in [0.2, 0.25) is 0 Å². The van der Waals surface area contributed by atoms with Gasteiger partial charge in [-0.2, -0.15) is 18.4 Å². The van der Waals surface area contributed by atoms with Crippen molar-refractivity contribution in [2.75, 3.05) is 6.61 Å². The lowest BCUT2D eigenvalue weighted by molar-refractivity contribution is -0.139. The van der Waals surface area contributed by atoms with E-state index in [2.05, 4.69) is 10.2 Å². The molecule has 0 bridgehead atoms. The van der Waals surface area contributed by atoms with Gasteiger partial charge in [-0.3, -0.25) is 4.79 Å². The predicted octanol–water partition coefficient (Wildman–Crippen LogP) is 7.00. The molecule has 14 heteroatoms. The molecule has 0 aliphatic rings. The van der Waals surface area contributed by atoms with Crippen LogP contribution in [0.5, 0.6) is 5.75 Å². The van der Waals surface area contributed by atoms with Gasteiger partial charge in [0.1, 0.15) is 17.3 Å². The van der Waals surface area contributed by atoms with E-state index in [0.29, 0.717) is 18.2 Å². The quantitative estimate of drug-likeness (QED) is 0.344. The van der Waals surface area contributed by atoms with Gasteiger partial charge in [0, 0.05) is 5.56 Å². The van der Waals surface area contributed by atoms with Gasteiger partial charge in [0.15, 0.2) is 11.2 Å². The fourth-order valence-electron chi connectivity index (χ4n) is 2.44. The second kappa shape index (κ2) is 7.52. The highest BCUT2D eigenvalue weighted by atomic mass is 32.5. The first-order valence-electron chi connectivity index (χ1n) is 8.57. The van der Waals surface area contributed by atoms with Crippen LogP contribution in [0.15, 0.2) is 47.4 Å². The molecule has 2 rings (SSSR count). The molecule has 2 aromatic rings. The Labute approximate surface area is 182 Å². The molecule has 0 aliphatic carbocycles. The number of benzene rings is 2. The van der Waals surface area contributed by atoms with Gasteiger partial charge in [0.05, 0.1) is 18.2 Å². The molecule has 1 unspecified atom stereocenters. The summed E-state index contributed by atoms with van der Waals surface area (Å²) in [6.45, 7) is 7.10. The van der Waals surface area contributed by atoms with E-state index in [1.54, 1.807) is 6.07 Å². The van der Waals surface area contributed by atoms with E-state index >= 15 is 0 Å². The van der Waals surface area contributed by atoms with Crippen LogP contribution in [0.4, 0.5) is 38.3 Å². The second-order valence-corrected chi connectivity index (χ2v) is 9.38. The number of nitriles is 1. The molecule has 1 N–H and O–H groups in total. The van der Waals surface area contributed by atoms with Gasteiger partial charge in [-0.1, -0.05) is 31.6 Å². The normalized spacial score (nSPS) is 15.7. The first kappa shape index (κ1) is 25.7. The Morgan fingerprint density at radius 1 is 1.12 bits per heavy atom. The van der Waals surface area contributed by atoms with E-state index in [1.165, 1.54) is 0 Å². The van der Waals surface area contributed by atoms with Gasteiger partial charge in [-0.25, -0.2) is 4.85 Å². The van der Waals surface area contributed by atoms with Crippen molar-refractivity contribution in [3.8, 4) is 11.8 Å². The Kier molecular flexibility index (Phi) is 5.86. The Hall–Kier alpha value is -3.52. The zero-order valence-corrected chi connectivity index (χ0v) is 17.2. The second-order valence-electron chi connectivity index (χ2n) is 6.97. The number of amides is 1. The molecule has 2 aromatic carbocycles. The van der Waals surface area contributed by atoms with Crippen molar-refractivity contribution in [2.24, 2.45) is 0 Å². The minimum Gasteiger partial charge on any atom is -0.491 e. The minimum atomic E-state index is -9.95. The fourth-order valence-corrected chi connectivity index (χ4v) is 3.09. The molecular formula is C19H13F8N3O2S. The Balaban J connectivity index is 2.24. The summed E-state index contributed by atoms with van der Waals surface area (Å²) in [5.74, 6) is -1.95. The zero-order valence-electron chi connectivity index (χ0n) is 16.4. The first-order chi connectivity index (χ1) is 14.8. The number of carbonyl (C=O) groups is 1. The number of nitrogens with one attached hydrogen (secondary N) is 1. The molecule has 0 fully saturated rings. The van der Waals surface area contributed by atoms with Crippen LogP contribution in [-0.2, 0) is 6.18 Å². The SMILES string of the molecule is [C-]#[N+]c1ccc(C(F)(F)F)c(OCC(C)(C#N)NC(=O)c2ccc(S(F)(F)(F)(F)F)cc2)c1. The number of carbonyl (C=O) groups excluding carboxylic acids is 1. The largest absolute Gasteiger partial charge is 0.491 e. The third kappa shape index (κ3) is 6.49. The number of rotatable bonds is 6. The molecule has 0 aromatic heterocycles. The molecule has 1 amide bonds. The van der Waals surface area contributed by atoms with Crippen molar-refractivity contribution < 1.29 is 42.1 Å². The highest BCUT2D eigenvalue weighted by Crippen LogP contribution is 3.02. The summed E-state index contributed by atoms with van der Waals surface area (Å²) in [6, 6.07) is 4.81. The molecule has 0 heterocycles. The molecule has 0 aliphatic heterocycles. The maximum absolute atomic E-state index is 13.2. The molecule has 1 atom stereocenters. The van der Waals surface area contributed by atoms with Crippen LogP contribution >= 0.6 is 10.2 Å². The number of nitrogens with zero attached hydrogens (tertiary/aromatic N) is 2. The summed E-state index contributed by atoms with van der Waals surface area (Å²) < 4.78 is 108. The zero-order chi connectivity index (χ0) is 25.4. The Bertz CT molecular complexity index is 1170. The van der Waals surface area contributed by atoms with Crippen LogP contribution < -0.4 is 10.1 Å². The fraction of sp³-hybridized carbons (Fsp3) is 0.211. The van der Waals surface area contributed by atoms with Crippen molar-refractivity contribution in [1.29, 1.82) is 5.26 Å². The molecule has 0 saturated heterocycles. The average Bonchev–Trinajstić information content (AvgIpc) is 2.69. The summed E-state index contributed by atoms with van der Waals surface area (Å²) in [7, 11) is -9.95. The lowest BCUT2D eigenvalue weighted by Crippen LogP contribution is -2.49.